The monoisotopic (exact) mass is 278 g/mol. The van der Waals surface area contributed by atoms with Crippen LogP contribution in [0.2, 0.25) is 0 Å². The molecule has 2 heterocycles. The molecule has 0 radical (unpaired) electrons. The van der Waals surface area contributed by atoms with Gasteiger partial charge in [0.25, 0.3) is 0 Å². The Kier molecular flexibility index (Phi) is 5.29. The molecule has 0 atom stereocenters. The zero-order valence-corrected chi connectivity index (χ0v) is 12.1. The van der Waals surface area contributed by atoms with E-state index in [9.17, 15) is 4.79 Å². The fourth-order valence-electron chi connectivity index (χ4n) is 2.24. The average molecular weight is 278 g/mol. The Balaban J connectivity index is 1.72. The number of piperidine rings is 1. The number of nitrogens with one attached hydrogen (secondary N) is 1. The predicted molar refractivity (Wildman–Crippen MR) is 75.2 cm³/mol. The van der Waals surface area contributed by atoms with Crippen molar-refractivity contribution in [3.63, 3.8) is 0 Å². The van der Waals surface area contributed by atoms with Crippen molar-refractivity contribution in [3.05, 3.63) is 23.8 Å². The summed E-state index contributed by atoms with van der Waals surface area (Å²) in [5, 5.41) is 3.47. The molecule has 0 saturated carbocycles. The van der Waals surface area contributed by atoms with Gasteiger partial charge in [-0.15, -0.1) is 0 Å². The van der Waals surface area contributed by atoms with Crippen LogP contribution in [0.5, 0.6) is 0 Å². The molecule has 20 heavy (non-hydrogen) atoms. The van der Waals surface area contributed by atoms with E-state index < -0.39 is 0 Å². The highest BCUT2D eigenvalue weighted by molar-refractivity contribution is 5.67. The van der Waals surface area contributed by atoms with Gasteiger partial charge in [0.1, 0.15) is 0 Å². The largest absolute Gasteiger partial charge is 0.450 e. The normalized spacial score (nSPS) is 16.2. The van der Waals surface area contributed by atoms with Crippen molar-refractivity contribution in [2.45, 2.75) is 39.3 Å². The topological polar surface area (TPSA) is 67.3 Å². The molecule has 1 aliphatic heterocycles. The van der Waals surface area contributed by atoms with E-state index in [0.717, 1.165) is 43.9 Å². The van der Waals surface area contributed by atoms with Gasteiger partial charge >= 0.3 is 6.09 Å². The number of hydrogen-bond acceptors (Lipinski definition) is 5. The second-order valence-electron chi connectivity index (χ2n) is 4.99. The van der Waals surface area contributed by atoms with Crippen molar-refractivity contribution in [1.29, 1.82) is 0 Å². The van der Waals surface area contributed by atoms with Crippen LogP contribution in [0.1, 0.15) is 31.2 Å². The lowest BCUT2D eigenvalue weighted by molar-refractivity contribution is 0.0949. The van der Waals surface area contributed by atoms with Gasteiger partial charge < -0.3 is 15.0 Å². The lowest BCUT2D eigenvalue weighted by Crippen LogP contribution is -2.45. The summed E-state index contributed by atoms with van der Waals surface area (Å²) in [5.41, 5.74) is 1.87. The van der Waals surface area contributed by atoms with Gasteiger partial charge in [0.15, 0.2) is 0 Å². The van der Waals surface area contributed by atoms with E-state index in [2.05, 4.69) is 15.3 Å². The van der Waals surface area contributed by atoms with Gasteiger partial charge in [-0.3, -0.25) is 9.97 Å². The molecule has 0 spiro atoms. The zero-order valence-electron chi connectivity index (χ0n) is 12.1. The first-order valence-electron chi connectivity index (χ1n) is 7.11. The maximum absolute atomic E-state index is 11.6. The predicted octanol–water partition coefficient (Wildman–Crippen LogP) is 1.50. The number of nitrogens with zero attached hydrogens (tertiary/aromatic N) is 3. The van der Waals surface area contributed by atoms with Crippen LogP contribution in [-0.2, 0) is 11.3 Å². The van der Waals surface area contributed by atoms with Crippen LogP contribution in [-0.4, -0.2) is 46.7 Å². The summed E-state index contributed by atoms with van der Waals surface area (Å²) in [6, 6.07) is 0.420. The number of aryl methyl sites for hydroxylation is 1. The highest BCUT2D eigenvalue weighted by atomic mass is 16.6. The third-order valence-electron chi connectivity index (χ3n) is 3.43. The van der Waals surface area contributed by atoms with E-state index >= 15 is 0 Å². The zero-order chi connectivity index (χ0) is 14.4. The molecule has 6 heteroatoms. The summed E-state index contributed by atoms with van der Waals surface area (Å²) < 4.78 is 5.01. The summed E-state index contributed by atoms with van der Waals surface area (Å²) in [5.74, 6) is 0. The number of likely N-dealkylation sites (tertiary alicyclic amines) is 1. The van der Waals surface area contributed by atoms with Crippen LogP contribution >= 0.6 is 0 Å². The number of aromatic nitrogens is 2. The first-order valence-corrected chi connectivity index (χ1v) is 7.11. The quantitative estimate of drug-likeness (QED) is 0.904. The molecule has 1 saturated heterocycles. The molecular formula is C14H22N4O2. The van der Waals surface area contributed by atoms with Crippen molar-refractivity contribution in [3.8, 4) is 0 Å². The van der Waals surface area contributed by atoms with Gasteiger partial charge in [-0.05, 0) is 26.7 Å². The molecule has 1 N–H and O–H groups in total. The number of amides is 1. The van der Waals surface area contributed by atoms with Crippen LogP contribution < -0.4 is 5.32 Å². The Morgan fingerprint density at radius 3 is 2.75 bits per heavy atom. The highest BCUT2D eigenvalue weighted by Gasteiger charge is 2.23. The summed E-state index contributed by atoms with van der Waals surface area (Å²) in [4.78, 5) is 21.9. The lowest BCUT2D eigenvalue weighted by atomic mass is 10.1. The Morgan fingerprint density at radius 1 is 1.40 bits per heavy atom. The first-order chi connectivity index (χ1) is 9.69. The Morgan fingerprint density at radius 2 is 2.15 bits per heavy atom. The number of hydrogen-bond donors (Lipinski definition) is 1. The minimum atomic E-state index is -0.199. The second-order valence-corrected chi connectivity index (χ2v) is 4.99. The van der Waals surface area contributed by atoms with Gasteiger partial charge in [-0.25, -0.2) is 4.79 Å². The van der Waals surface area contributed by atoms with Crippen molar-refractivity contribution >= 4 is 6.09 Å². The van der Waals surface area contributed by atoms with Crippen molar-refractivity contribution in [1.82, 2.24) is 20.2 Å². The molecule has 6 nitrogen and oxygen atoms in total. The standard InChI is InChI=1S/C14H22N4O2/c1-3-20-14(19)18-6-4-12(5-7-18)17-10-13-9-15-11(2)8-16-13/h8-9,12,17H,3-7,10H2,1-2H3. The van der Waals surface area contributed by atoms with Crippen LogP contribution in [0, 0.1) is 6.92 Å². The first kappa shape index (κ1) is 14.7. The molecule has 1 aromatic heterocycles. The van der Waals surface area contributed by atoms with E-state index in [1.54, 1.807) is 17.3 Å². The van der Waals surface area contributed by atoms with Crippen molar-refractivity contribution in [2.24, 2.45) is 0 Å². The van der Waals surface area contributed by atoms with Gasteiger partial charge in [0.2, 0.25) is 0 Å². The maximum Gasteiger partial charge on any atom is 0.409 e. The van der Waals surface area contributed by atoms with E-state index in [0.29, 0.717) is 12.6 Å². The molecule has 0 bridgehead atoms. The van der Waals surface area contributed by atoms with Crippen molar-refractivity contribution in [2.75, 3.05) is 19.7 Å². The minimum absolute atomic E-state index is 0.199. The van der Waals surface area contributed by atoms with Crippen LogP contribution in [0.15, 0.2) is 12.4 Å². The van der Waals surface area contributed by atoms with Gasteiger partial charge in [-0.1, -0.05) is 0 Å². The van der Waals surface area contributed by atoms with Crippen LogP contribution in [0.3, 0.4) is 0 Å². The molecule has 0 unspecified atom stereocenters. The number of rotatable bonds is 4. The molecule has 1 aliphatic rings. The fraction of sp³-hybridized carbons (Fsp3) is 0.643. The summed E-state index contributed by atoms with van der Waals surface area (Å²) in [6.45, 7) is 6.40. The number of carbonyl (C=O) groups excluding carboxylic acids is 1. The van der Waals surface area contributed by atoms with E-state index in [1.165, 1.54) is 0 Å². The van der Waals surface area contributed by atoms with E-state index in [4.69, 9.17) is 4.74 Å². The average Bonchev–Trinajstić information content (AvgIpc) is 2.47. The number of carbonyl (C=O) groups is 1. The minimum Gasteiger partial charge on any atom is -0.450 e. The molecule has 0 aromatic carbocycles. The summed E-state index contributed by atoms with van der Waals surface area (Å²) in [6.07, 6.45) is 5.27. The summed E-state index contributed by atoms with van der Waals surface area (Å²) >= 11 is 0. The van der Waals surface area contributed by atoms with E-state index in [-0.39, 0.29) is 6.09 Å². The number of ether oxygens (including phenoxy) is 1. The summed E-state index contributed by atoms with van der Waals surface area (Å²) in [7, 11) is 0. The molecule has 110 valence electrons. The maximum atomic E-state index is 11.6. The third kappa shape index (κ3) is 4.16. The van der Waals surface area contributed by atoms with Gasteiger partial charge in [0.05, 0.1) is 18.0 Å². The van der Waals surface area contributed by atoms with Gasteiger partial charge in [0, 0.05) is 38.1 Å². The Labute approximate surface area is 119 Å². The Hall–Kier alpha value is -1.69. The molecular weight excluding hydrogens is 256 g/mol. The Bertz CT molecular complexity index is 427. The molecule has 1 aromatic rings. The van der Waals surface area contributed by atoms with Crippen LogP contribution in [0.4, 0.5) is 4.79 Å². The van der Waals surface area contributed by atoms with Crippen LogP contribution in [0.25, 0.3) is 0 Å². The fourth-order valence-corrected chi connectivity index (χ4v) is 2.24. The van der Waals surface area contributed by atoms with E-state index in [1.807, 2.05) is 13.8 Å². The molecule has 1 amide bonds. The molecule has 0 aliphatic carbocycles. The SMILES string of the molecule is CCOC(=O)N1CCC(NCc2cnc(C)cn2)CC1. The highest BCUT2D eigenvalue weighted by Crippen LogP contribution is 2.12. The lowest BCUT2D eigenvalue weighted by Gasteiger charge is -2.31. The van der Waals surface area contributed by atoms with Crippen molar-refractivity contribution < 1.29 is 9.53 Å². The second kappa shape index (κ2) is 7.19. The third-order valence-corrected chi connectivity index (χ3v) is 3.43. The molecule has 2 rings (SSSR count). The smallest absolute Gasteiger partial charge is 0.409 e. The van der Waals surface area contributed by atoms with Gasteiger partial charge in [-0.2, -0.15) is 0 Å². The molecule has 1 fully saturated rings.